The van der Waals surface area contributed by atoms with E-state index in [0.717, 1.165) is 13.1 Å². The number of hydrogen-bond acceptors (Lipinski definition) is 3. The first-order valence-electron chi connectivity index (χ1n) is 5.26. The number of benzene rings is 1. The summed E-state index contributed by atoms with van der Waals surface area (Å²) in [4.78, 5) is 2.22. The van der Waals surface area contributed by atoms with Crippen LogP contribution in [0.25, 0.3) is 0 Å². The zero-order chi connectivity index (χ0) is 10.7. The highest BCUT2D eigenvalue weighted by atomic mass is 16.5. The van der Waals surface area contributed by atoms with Gasteiger partial charge in [-0.2, -0.15) is 0 Å². The van der Waals surface area contributed by atoms with Crippen LogP contribution in [-0.2, 0) is 11.3 Å². The summed E-state index contributed by atoms with van der Waals surface area (Å²) in [6, 6.07) is 10.3. The maximum Gasteiger partial charge on any atom is 0.0969 e. The first-order valence-corrected chi connectivity index (χ1v) is 5.26. The minimum absolute atomic E-state index is 0.0336. The van der Waals surface area contributed by atoms with Gasteiger partial charge in [-0.3, -0.25) is 4.90 Å². The number of aliphatic hydroxyl groups excluding tert-OH is 1. The van der Waals surface area contributed by atoms with E-state index < -0.39 is 0 Å². The number of hydrogen-bond donors (Lipinski definition) is 1. The summed E-state index contributed by atoms with van der Waals surface area (Å²) < 4.78 is 5.20. The molecule has 3 heteroatoms. The molecule has 0 aliphatic carbocycles. The highest BCUT2D eigenvalue weighted by Gasteiger charge is 2.30. The Morgan fingerprint density at radius 2 is 2.07 bits per heavy atom. The summed E-state index contributed by atoms with van der Waals surface area (Å²) in [5, 5.41) is 9.67. The molecule has 2 atom stereocenters. The van der Waals surface area contributed by atoms with Crippen molar-refractivity contribution in [2.45, 2.75) is 18.8 Å². The third-order valence-corrected chi connectivity index (χ3v) is 2.86. The molecule has 0 amide bonds. The van der Waals surface area contributed by atoms with Crippen LogP contribution >= 0.6 is 0 Å². The Morgan fingerprint density at radius 1 is 1.33 bits per heavy atom. The standard InChI is InChI=1S/C12H17NO2/c1-15-12-9-13(8-11(12)14)7-10-5-3-2-4-6-10/h2-6,11-12,14H,7-9H2,1H3. The molecule has 1 aliphatic heterocycles. The second-order valence-electron chi connectivity index (χ2n) is 4.02. The van der Waals surface area contributed by atoms with Gasteiger partial charge in [0.1, 0.15) is 0 Å². The van der Waals surface area contributed by atoms with Crippen molar-refractivity contribution in [3.05, 3.63) is 35.9 Å². The number of β-amino-alcohol motifs (C(OH)–C–C–N with tert-alkyl or cyclic N) is 1. The Balaban J connectivity index is 1.92. The molecule has 3 nitrogen and oxygen atoms in total. The molecule has 1 heterocycles. The van der Waals surface area contributed by atoms with Crippen molar-refractivity contribution in [1.82, 2.24) is 4.90 Å². The van der Waals surface area contributed by atoms with Crippen LogP contribution in [0.4, 0.5) is 0 Å². The third-order valence-electron chi connectivity index (χ3n) is 2.86. The first-order chi connectivity index (χ1) is 7.29. The van der Waals surface area contributed by atoms with Gasteiger partial charge in [0.05, 0.1) is 12.2 Å². The quantitative estimate of drug-likeness (QED) is 0.798. The fraction of sp³-hybridized carbons (Fsp3) is 0.500. The number of ether oxygens (including phenoxy) is 1. The minimum atomic E-state index is -0.348. The van der Waals surface area contributed by atoms with Gasteiger partial charge in [-0.15, -0.1) is 0 Å². The monoisotopic (exact) mass is 207 g/mol. The second kappa shape index (κ2) is 4.75. The Hall–Kier alpha value is -0.900. The molecule has 1 N–H and O–H groups in total. The maximum atomic E-state index is 9.67. The molecule has 0 saturated carbocycles. The molecule has 1 aliphatic rings. The number of aliphatic hydroxyl groups is 1. The van der Waals surface area contributed by atoms with Crippen LogP contribution in [-0.4, -0.2) is 42.4 Å². The van der Waals surface area contributed by atoms with E-state index in [-0.39, 0.29) is 12.2 Å². The predicted octanol–water partition coefficient (Wildman–Crippen LogP) is 0.878. The largest absolute Gasteiger partial charge is 0.389 e. The normalized spacial score (nSPS) is 27.1. The lowest BCUT2D eigenvalue weighted by Gasteiger charge is -2.14. The van der Waals surface area contributed by atoms with Gasteiger partial charge >= 0.3 is 0 Å². The Labute approximate surface area is 90.3 Å². The van der Waals surface area contributed by atoms with Gasteiger partial charge in [-0.25, -0.2) is 0 Å². The molecule has 0 aromatic heterocycles. The SMILES string of the molecule is COC1CN(Cc2ccccc2)CC1O. The van der Waals surface area contributed by atoms with Crippen molar-refractivity contribution in [3.8, 4) is 0 Å². The fourth-order valence-electron chi connectivity index (χ4n) is 2.04. The number of likely N-dealkylation sites (tertiary alicyclic amines) is 1. The van der Waals surface area contributed by atoms with Crippen molar-refractivity contribution >= 4 is 0 Å². The highest BCUT2D eigenvalue weighted by Crippen LogP contribution is 2.15. The lowest BCUT2D eigenvalue weighted by atomic mass is 10.2. The lowest BCUT2D eigenvalue weighted by Crippen LogP contribution is -2.25. The summed E-state index contributed by atoms with van der Waals surface area (Å²) >= 11 is 0. The van der Waals surface area contributed by atoms with Gasteiger partial charge in [-0.05, 0) is 5.56 Å². The van der Waals surface area contributed by atoms with E-state index in [9.17, 15) is 5.11 Å². The van der Waals surface area contributed by atoms with Crippen LogP contribution in [0, 0.1) is 0 Å². The molecule has 1 aromatic carbocycles. The van der Waals surface area contributed by atoms with E-state index in [1.54, 1.807) is 7.11 Å². The topological polar surface area (TPSA) is 32.7 Å². The van der Waals surface area contributed by atoms with E-state index in [1.807, 2.05) is 18.2 Å². The average molecular weight is 207 g/mol. The van der Waals surface area contributed by atoms with E-state index in [0.29, 0.717) is 6.54 Å². The van der Waals surface area contributed by atoms with Gasteiger partial charge in [0.2, 0.25) is 0 Å². The predicted molar refractivity (Wildman–Crippen MR) is 58.5 cm³/mol. The average Bonchev–Trinajstić information content (AvgIpc) is 2.60. The first kappa shape index (κ1) is 10.6. The van der Waals surface area contributed by atoms with E-state index in [2.05, 4.69) is 17.0 Å². The molecular weight excluding hydrogens is 190 g/mol. The van der Waals surface area contributed by atoms with E-state index in [4.69, 9.17) is 4.74 Å². The molecule has 0 radical (unpaired) electrons. The highest BCUT2D eigenvalue weighted by molar-refractivity contribution is 5.14. The molecule has 82 valence electrons. The van der Waals surface area contributed by atoms with Crippen LogP contribution < -0.4 is 0 Å². The van der Waals surface area contributed by atoms with Crippen molar-refractivity contribution in [3.63, 3.8) is 0 Å². The number of nitrogens with zero attached hydrogens (tertiary/aromatic N) is 1. The second-order valence-corrected chi connectivity index (χ2v) is 4.02. The third kappa shape index (κ3) is 2.56. The Bertz CT molecular complexity index is 302. The van der Waals surface area contributed by atoms with Gasteiger partial charge in [0.15, 0.2) is 0 Å². The van der Waals surface area contributed by atoms with Crippen LogP contribution in [0.1, 0.15) is 5.56 Å². The van der Waals surface area contributed by atoms with Crippen molar-refractivity contribution in [1.29, 1.82) is 0 Å². The van der Waals surface area contributed by atoms with Crippen molar-refractivity contribution < 1.29 is 9.84 Å². The van der Waals surface area contributed by atoms with Crippen LogP contribution in [0.15, 0.2) is 30.3 Å². The molecule has 1 saturated heterocycles. The summed E-state index contributed by atoms with van der Waals surface area (Å²) in [5.41, 5.74) is 1.28. The van der Waals surface area contributed by atoms with Crippen molar-refractivity contribution in [2.75, 3.05) is 20.2 Å². The van der Waals surface area contributed by atoms with Gasteiger partial charge in [0.25, 0.3) is 0 Å². The van der Waals surface area contributed by atoms with Gasteiger partial charge in [-0.1, -0.05) is 30.3 Å². The summed E-state index contributed by atoms with van der Waals surface area (Å²) in [7, 11) is 1.65. The minimum Gasteiger partial charge on any atom is -0.389 e. The molecule has 0 bridgehead atoms. The van der Waals surface area contributed by atoms with Crippen LogP contribution in [0.3, 0.4) is 0 Å². The number of methoxy groups -OCH3 is 1. The molecule has 15 heavy (non-hydrogen) atoms. The Morgan fingerprint density at radius 3 is 2.67 bits per heavy atom. The maximum absolute atomic E-state index is 9.67. The molecule has 2 rings (SSSR count). The van der Waals surface area contributed by atoms with Crippen molar-refractivity contribution in [2.24, 2.45) is 0 Å². The van der Waals surface area contributed by atoms with Crippen LogP contribution in [0.2, 0.25) is 0 Å². The van der Waals surface area contributed by atoms with E-state index >= 15 is 0 Å². The summed E-state index contributed by atoms with van der Waals surface area (Å²) in [6.07, 6.45) is -0.382. The van der Waals surface area contributed by atoms with Gasteiger partial charge in [0, 0.05) is 26.7 Å². The van der Waals surface area contributed by atoms with E-state index in [1.165, 1.54) is 5.56 Å². The summed E-state index contributed by atoms with van der Waals surface area (Å²) in [5.74, 6) is 0. The zero-order valence-electron chi connectivity index (χ0n) is 8.97. The summed E-state index contributed by atoms with van der Waals surface area (Å²) in [6.45, 7) is 2.40. The molecule has 1 aromatic rings. The number of rotatable bonds is 3. The van der Waals surface area contributed by atoms with Crippen LogP contribution in [0.5, 0.6) is 0 Å². The molecule has 1 fully saturated rings. The zero-order valence-corrected chi connectivity index (χ0v) is 8.97. The molecule has 2 unspecified atom stereocenters. The Kier molecular flexibility index (Phi) is 3.36. The smallest absolute Gasteiger partial charge is 0.0969 e. The van der Waals surface area contributed by atoms with Gasteiger partial charge < -0.3 is 9.84 Å². The lowest BCUT2D eigenvalue weighted by molar-refractivity contribution is 0.0215. The molecular formula is C12H17NO2. The fourth-order valence-corrected chi connectivity index (χ4v) is 2.04. The molecule has 0 spiro atoms.